The highest BCUT2D eigenvalue weighted by Crippen LogP contribution is 2.11. The Labute approximate surface area is 95.5 Å². The number of hydrogen-bond donors (Lipinski definition) is 3. The molecule has 1 unspecified atom stereocenters. The molecule has 0 bridgehead atoms. The second-order valence-electron chi connectivity index (χ2n) is 4.11. The summed E-state index contributed by atoms with van der Waals surface area (Å²) in [5.74, 6) is 0.160. The Balaban J connectivity index is 2.72. The van der Waals surface area contributed by atoms with Gasteiger partial charge in [0.2, 0.25) is 0 Å². The Morgan fingerprint density at radius 2 is 2.19 bits per heavy atom. The fourth-order valence-electron chi connectivity index (χ4n) is 1.40. The summed E-state index contributed by atoms with van der Waals surface area (Å²) in [7, 11) is 0. The number of rotatable bonds is 4. The van der Waals surface area contributed by atoms with E-state index in [1.165, 1.54) is 12.1 Å². The minimum absolute atomic E-state index is 0.0464. The molecule has 0 aliphatic rings. The van der Waals surface area contributed by atoms with Gasteiger partial charge in [-0.2, -0.15) is 0 Å². The summed E-state index contributed by atoms with van der Waals surface area (Å²) in [6.07, 6.45) is 0. The van der Waals surface area contributed by atoms with Crippen LogP contribution in [0.15, 0.2) is 24.3 Å². The second kappa shape index (κ2) is 5.51. The Kier molecular flexibility index (Phi) is 4.31. The predicted octanol–water partition coefficient (Wildman–Crippen LogP) is 1.11. The van der Waals surface area contributed by atoms with E-state index in [-0.39, 0.29) is 23.6 Å². The summed E-state index contributed by atoms with van der Waals surface area (Å²) in [6, 6.07) is 6.21. The average molecular weight is 222 g/mol. The largest absolute Gasteiger partial charge is 0.508 e. The molecule has 0 aromatic heterocycles. The molecule has 4 heteroatoms. The number of hydrogen-bond acceptors (Lipinski definition) is 3. The number of amides is 1. The molecule has 1 aromatic carbocycles. The highest BCUT2D eigenvalue weighted by Gasteiger charge is 2.15. The van der Waals surface area contributed by atoms with Gasteiger partial charge in [-0.05, 0) is 24.1 Å². The highest BCUT2D eigenvalue weighted by atomic mass is 16.3. The molecular formula is C12H18N2O2. The van der Waals surface area contributed by atoms with Gasteiger partial charge in [-0.15, -0.1) is 0 Å². The molecule has 0 radical (unpaired) electrons. The maximum absolute atomic E-state index is 11.8. The van der Waals surface area contributed by atoms with Crippen LogP contribution in [0, 0.1) is 5.92 Å². The van der Waals surface area contributed by atoms with Gasteiger partial charge in [-0.3, -0.25) is 4.79 Å². The number of benzene rings is 1. The van der Waals surface area contributed by atoms with Crippen molar-refractivity contribution in [2.75, 3.05) is 6.54 Å². The average Bonchev–Trinajstić information content (AvgIpc) is 2.25. The molecule has 4 nitrogen and oxygen atoms in total. The second-order valence-corrected chi connectivity index (χ2v) is 4.11. The maximum Gasteiger partial charge on any atom is 0.251 e. The van der Waals surface area contributed by atoms with E-state index in [0.717, 1.165) is 0 Å². The van der Waals surface area contributed by atoms with Crippen LogP contribution < -0.4 is 11.1 Å². The molecule has 88 valence electrons. The first kappa shape index (κ1) is 12.5. The lowest BCUT2D eigenvalue weighted by Gasteiger charge is -2.20. The van der Waals surface area contributed by atoms with Crippen LogP contribution in [-0.4, -0.2) is 23.6 Å². The summed E-state index contributed by atoms with van der Waals surface area (Å²) in [5.41, 5.74) is 6.01. The van der Waals surface area contributed by atoms with Crippen molar-refractivity contribution >= 4 is 5.91 Å². The van der Waals surface area contributed by atoms with E-state index in [2.05, 4.69) is 5.32 Å². The summed E-state index contributed by atoms with van der Waals surface area (Å²) >= 11 is 0. The first-order chi connectivity index (χ1) is 7.54. The molecule has 0 saturated heterocycles. The Bertz CT molecular complexity index is 364. The van der Waals surface area contributed by atoms with Gasteiger partial charge in [0.25, 0.3) is 5.91 Å². The van der Waals surface area contributed by atoms with Crippen molar-refractivity contribution in [2.45, 2.75) is 19.9 Å². The minimum atomic E-state index is -0.208. The van der Waals surface area contributed by atoms with E-state index in [1.54, 1.807) is 12.1 Å². The van der Waals surface area contributed by atoms with Gasteiger partial charge in [-0.25, -0.2) is 0 Å². The van der Waals surface area contributed by atoms with Crippen LogP contribution in [0.4, 0.5) is 0 Å². The molecule has 16 heavy (non-hydrogen) atoms. The Morgan fingerprint density at radius 1 is 1.50 bits per heavy atom. The standard InChI is InChI=1S/C12H18N2O2/c1-8(2)11(7-13)14-12(16)9-4-3-5-10(15)6-9/h3-6,8,11,15H,7,13H2,1-2H3,(H,14,16). The van der Waals surface area contributed by atoms with Crippen molar-refractivity contribution in [2.24, 2.45) is 11.7 Å². The lowest BCUT2D eigenvalue weighted by atomic mass is 10.0. The molecule has 0 aliphatic heterocycles. The first-order valence-electron chi connectivity index (χ1n) is 5.34. The predicted molar refractivity (Wildman–Crippen MR) is 63.3 cm³/mol. The number of phenols is 1. The van der Waals surface area contributed by atoms with Crippen molar-refractivity contribution in [3.8, 4) is 5.75 Å². The van der Waals surface area contributed by atoms with Gasteiger partial charge in [-0.1, -0.05) is 19.9 Å². The fourth-order valence-corrected chi connectivity index (χ4v) is 1.40. The van der Waals surface area contributed by atoms with E-state index in [1.807, 2.05) is 13.8 Å². The van der Waals surface area contributed by atoms with Crippen molar-refractivity contribution in [3.63, 3.8) is 0 Å². The van der Waals surface area contributed by atoms with Crippen molar-refractivity contribution < 1.29 is 9.90 Å². The molecule has 0 heterocycles. The third-order valence-electron chi connectivity index (χ3n) is 2.48. The van der Waals surface area contributed by atoms with Crippen molar-refractivity contribution in [1.82, 2.24) is 5.32 Å². The molecule has 1 rings (SSSR count). The minimum Gasteiger partial charge on any atom is -0.508 e. The zero-order valence-corrected chi connectivity index (χ0v) is 9.60. The van der Waals surface area contributed by atoms with Gasteiger partial charge in [0.1, 0.15) is 5.75 Å². The van der Waals surface area contributed by atoms with Crippen LogP contribution in [-0.2, 0) is 0 Å². The van der Waals surface area contributed by atoms with Gasteiger partial charge in [0.05, 0.1) is 0 Å². The van der Waals surface area contributed by atoms with E-state index in [4.69, 9.17) is 5.73 Å². The number of phenolic OH excluding ortho intramolecular Hbond substituents is 1. The Morgan fingerprint density at radius 3 is 2.69 bits per heavy atom. The molecule has 0 saturated carbocycles. The molecule has 4 N–H and O–H groups in total. The van der Waals surface area contributed by atoms with E-state index in [0.29, 0.717) is 12.1 Å². The van der Waals surface area contributed by atoms with Crippen LogP contribution in [0.3, 0.4) is 0 Å². The summed E-state index contributed by atoms with van der Waals surface area (Å²) in [6.45, 7) is 4.41. The molecule has 0 spiro atoms. The van der Waals surface area contributed by atoms with Gasteiger partial charge in [0, 0.05) is 18.2 Å². The van der Waals surface area contributed by atoms with Gasteiger partial charge >= 0.3 is 0 Å². The van der Waals surface area contributed by atoms with E-state index < -0.39 is 0 Å². The summed E-state index contributed by atoms with van der Waals surface area (Å²) in [5, 5.41) is 12.1. The normalized spacial score (nSPS) is 12.5. The lowest BCUT2D eigenvalue weighted by molar-refractivity contribution is 0.0927. The third kappa shape index (κ3) is 3.24. The quantitative estimate of drug-likeness (QED) is 0.714. The monoisotopic (exact) mass is 222 g/mol. The van der Waals surface area contributed by atoms with E-state index >= 15 is 0 Å². The zero-order chi connectivity index (χ0) is 12.1. The number of aromatic hydroxyl groups is 1. The highest BCUT2D eigenvalue weighted by molar-refractivity contribution is 5.94. The third-order valence-corrected chi connectivity index (χ3v) is 2.48. The topological polar surface area (TPSA) is 75.3 Å². The smallest absolute Gasteiger partial charge is 0.251 e. The van der Waals surface area contributed by atoms with Crippen LogP contribution in [0.5, 0.6) is 5.75 Å². The van der Waals surface area contributed by atoms with Crippen LogP contribution >= 0.6 is 0 Å². The lowest BCUT2D eigenvalue weighted by Crippen LogP contribution is -2.43. The van der Waals surface area contributed by atoms with Gasteiger partial charge in [0.15, 0.2) is 0 Å². The van der Waals surface area contributed by atoms with Crippen LogP contribution in [0.25, 0.3) is 0 Å². The summed E-state index contributed by atoms with van der Waals surface area (Å²) in [4.78, 5) is 11.8. The van der Waals surface area contributed by atoms with Gasteiger partial charge < -0.3 is 16.2 Å². The molecule has 1 aromatic rings. The molecule has 1 amide bonds. The zero-order valence-electron chi connectivity index (χ0n) is 9.60. The number of carbonyl (C=O) groups excluding carboxylic acids is 1. The van der Waals surface area contributed by atoms with Crippen molar-refractivity contribution in [3.05, 3.63) is 29.8 Å². The van der Waals surface area contributed by atoms with Crippen LogP contribution in [0.1, 0.15) is 24.2 Å². The number of nitrogens with one attached hydrogen (secondary N) is 1. The molecule has 1 atom stereocenters. The fraction of sp³-hybridized carbons (Fsp3) is 0.417. The molecule has 0 aliphatic carbocycles. The van der Waals surface area contributed by atoms with E-state index in [9.17, 15) is 9.90 Å². The van der Waals surface area contributed by atoms with Crippen LogP contribution in [0.2, 0.25) is 0 Å². The molecule has 0 fully saturated rings. The number of nitrogens with two attached hydrogens (primary N) is 1. The maximum atomic E-state index is 11.8. The first-order valence-corrected chi connectivity index (χ1v) is 5.34. The molecular weight excluding hydrogens is 204 g/mol. The SMILES string of the molecule is CC(C)C(CN)NC(=O)c1cccc(O)c1. The summed E-state index contributed by atoms with van der Waals surface area (Å²) < 4.78 is 0. The number of carbonyl (C=O) groups is 1. The van der Waals surface area contributed by atoms with Crippen molar-refractivity contribution in [1.29, 1.82) is 0 Å². The Hall–Kier alpha value is -1.55.